The Hall–Kier alpha value is -1.38. The summed E-state index contributed by atoms with van der Waals surface area (Å²) in [7, 11) is 0. The normalized spacial score (nSPS) is 10.7. The molecule has 0 fully saturated rings. The van der Waals surface area contributed by atoms with E-state index < -0.39 is 0 Å². The maximum Gasteiger partial charge on any atom is 0.131 e. The molecule has 1 N–H and O–H groups in total. The minimum atomic E-state index is -0.249. The highest BCUT2D eigenvalue weighted by Gasteiger charge is 2.08. The summed E-state index contributed by atoms with van der Waals surface area (Å²) >= 11 is 6.25. The molecule has 100 valence electrons. The molecular weight excluding hydrogens is 261 g/mol. The molecule has 0 bridgehead atoms. The molecule has 0 saturated carbocycles. The van der Waals surface area contributed by atoms with Gasteiger partial charge in [0.05, 0.1) is 0 Å². The summed E-state index contributed by atoms with van der Waals surface area (Å²) in [5, 5.41) is 3.90. The van der Waals surface area contributed by atoms with Crippen LogP contribution < -0.4 is 5.32 Å². The average Bonchev–Trinajstić information content (AvgIpc) is 2.40. The Morgan fingerprint density at radius 2 is 1.89 bits per heavy atom. The van der Waals surface area contributed by atoms with Crippen molar-refractivity contribution in [2.75, 3.05) is 6.54 Å². The number of halogens is 2. The van der Waals surface area contributed by atoms with Crippen molar-refractivity contribution in [3.63, 3.8) is 0 Å². The molecule has 0 spiro atoms. The van der Waals surface area contributed by atoms with Crippen LogP contribution in [-0.2, 0) is 6.54 Å². The molecule has 0 aliphatic carbocycles. The molecular formula is C16H17ClFN. The van der Waals surface area contributed by atoms with Crippen LogP contribution in [0.4, 0.5) is 4.39 Å². The Balaban J connectivity index is 2.22. The standard InChI is InChI=1S/C16H17ClFN/c1-2-9-19-11-12-7-8-13(15(17)10-12)14-5-3-4-6-16(14)18/h3-8,10,19H,2,9,11H2,1H3. The lowest BCUT2D eigenvalue weighted by Gasteiger charge is -2.09. The minimum absolute atomic E-state index is 0.249. The Morgan fingerprint density at radius 3 is 2.58 bits per heavy atom. The van der Waals surface area contributed by atoms with E-state index in [9.17, 15) is 4.39 Å². The second kappa shape index (κ2) is 6.69. The van der Waals surface area contributed by atoms with Crippen LogP contribution in [0.3, 0.4) is 0 Å². The van der Waals surface area contributed by atoms with E-state index >= 15 is 0 Å². The third-order valence-corrected chi connectivity index (χ3v) is 3.27. The molecule has 0 aliphatic heterocycles. The van der Waals surface area contributed by atoms with Crippen LogP contribution in [0.2, 0.25) is 5.02 Å². The fourth-order valence-corrected chi connectivity index (χ4v) is 2.28. The first-order valence-electron chi connectivity index (χ1n) is 6.46. The number of hydrogen-bond donors (Lipinski definition) is 1. The molecule has 2 aromatic carbocycles. The Bertz CT molecular complexity index is 554. The summed E-state index contributed by atoms with van der Waals surface area (Å²) in [6, 6.07) is 12.4. The lowest BCUT2D eigenvalue weighted by molar-refractivity contribution is 0.631. The molecule has 1 nitrogen and oxygen atoms in total. The van der Waals surface area contributed by atoms with Crippen LogP contribution in [0.25, 0.3) is 11.1 Å². The van der Waals surface area contributed by atoms with E-state index in [0.29, 0.717) is 10.6 Å². The van der Waals surface area contributed by atoms with Crippen LogP contribution in [0.5, 0.6) is 0 Å². The van der Waals surface area contributed by atoms with E-state index in [-0.39, 0.29) is 5.82 Å². The SMILES string of the molecule is CCCNCc1ccc(-c2ccccc2F)c(Cl)c1. The number of rotatable bonds is 5. The lowest BCUT2D eigenvalue weighted by Crippen LogP contribution is -2.13. The molecule has 0 aliphatic rings. The molecule has 0 atom stereocenters. The molecule has 0 radical (unpaired) electrons. The van der Waals surface area contributed by atoms with Gasteiger partial charge in [-0.05, 0) is 30.7 Å². The molecule has 0 unspecified atom stereocenters. The zero-order valence-electron chi connectivity index (χ0n) is 10.9. The van der Waals surface area contributed by atoms with Gasteiger partial charge in [-0.3, -0.25) is 0 Å². The smallest absolute Gasteiger partial charge is 0.131 e. The largest absolute Gasteiger partial charge is 0.313 e. The summed E-state index contributed by atoms with van der Waals surface area (Å²) in [4.78, 5) is 0. The number of benzene rings is 2. The van der Waals surface area contributed by atoms with Gasteiger partial charge in [0.2, 0.25) is 0 Å². The van der Waals surface area contributed by atoms with Crippen molar-refractivity contribution in [3.05, 3.63) is 58.9 Å². The molecule has 0 heterocycles. The molecule has 2 rings (SSSR count). The predicted octanol–water partition coefficient (Wildman–Crippen LogP) is 4.65. The third-order valence-electron chi connectivity index (χ3n) is 2.95. The van der Waals surface area contributed by atoms with E-state index in [0.717, 1.165) is 30.6 Å². The van der Waals surface area contributed by atoms with Gasteiger partial charge in [-0.2, -0.15) is 0 Å². The summed E-state index contributed by atoms with van der Waals surface area (Å²) in [5.41, 5.74) is 2.39. The second-order valence-electron chi connectivity index (χ2n) is 4.47. The Labute approximate surface area is 118 Å². The lowest BCUT2D eigenvalue weighted by atomic mass is 10.0. The maximum atomic E-state index is 13.7. The molecule has 3 heteroatoms. The third kappa shape index (κ3) is 3.55. The Morgan fingerprint density at radius 1 is 1.11 bits per heavy atom. The van der Waals surface area contributed by atoms with Crippen molar-refractivity contribution >= 4 is 11.6 Å². The van der Waals surface area contributed by atoms with Gasteiger partial charge < -0.3 is 5.32 Å². The van der Waals surface area contributed by atoms with Gasteiger partial charge in [0, 0.05) is 22.7 Å². The molecule has 0 saturated heterocycles. The summed E-state index contributed by atoms with van der Waals surface area (Å²) in [6.07, 6.45) is 1.10. The highest BCUT2D eigenvalue weighted by atomic mass is 35.5. The van der Waals surface area contributed by atoms with Gasteiger partial charge in [0.1, 0.15) is 5.82 Å². The van der Waals surface area contributed by atoms with E-state index in [1.807, 2.05) is 24.3 Å². The first-order chi connectivity index (χ1) is 9.22. The first-order valence-corrected chi connectivity index (χ1v) is 6.84. The first kappa shape index (κ1) is 14.0. The topological polar surface area (TPSA) is 12.0 Å². The molecule has 2 aromatic rings. The summed E-state index contributed by atoms with van der Waals surface area (Å²) in [5.74, 6) is -0.249. The second-order valence-corrected chi connectivity index (χ2v) is 4.88. The van der Waals surface area contributed by atoms with Crippen molar-refractivity contribution in [2.24, 2.45) is 0 Å². The van der Waals surface area contributed by atoms with Gasteiger partial charge in [0.15, 0.2) is 0 Å². The van der Waals surface area contributed by atoms with Crippen molar-refractivity contribution in [3.8, 4) is 11.1 Å². The van der Waals surface area contributed by atoms with E-state index in [4.69, 9.17) is 11.6 Å². The summed E-state index contributed by atoms with van der Waals surface area (Å²) in [6.45, 7) is 3.89. The van der Waals surface area contributed by atoms with Gasteiger partial charge in [-0.1, -0.05) is 48.9 Å². The van der Waals surface area contributed by atoms with E-state index in [1.165, 1.54) is 6.07 Å². The zero-order valence-corrected chi connectivity index (χ0v) is 11.7. The highest BCUT2D eigenvalue weighted by Crippen LogP contribution is 2.30. The monoisotopic (exact) mass is 277 g/mol. The molecule has 19 heavy (non-hydrogen) atoms. The summed E-state index contributed by atoms with van der Waals surface area (Å²) < 4.78 is 13.7. The minimum Gasteiger partial charge on any atom is -0.313 e. The average molecular weight is 278 g/mol. The van der Waals surface area contributed by atoms with Gasteiger partial charge in [-0.25, -0.2) is 4.39 Å². The van der Waals surface area contributed by atoms with Crippen LogP contribution in [-0.4, -0.2) is 6.54 Å². The van der Waals surface area contributed by atoms with Crippen LogP contribution in [0.15, 0.2) is 42.5 Å². The quantitative estimate of drug-likeness (QED) is 0.785. The Kier molecular flexibility index (Phi) is 4.94. The van der Waals surface area contributed by atoms with Crippen molar-refractivity contribution in [1.82, 2.24) is 5.32 Å². The van der Waals surface area contributed by atoms with Crippen molar-refractivity contribution < 1.29 is 4.39 Å². The van der Waals surface area contributed by atoms with Crippen LogP contribution in [0, 0.1) is 5.82 Å². The zero-order chi connectivity index (χ0) is 13.7. The maximum absolute atomic E-state index is 13.7. The molecule has 0 aromatic heterocycles. The van der Waals surface area contributed by atoms with Crippen molar-refractivity contribution in [2.45, 2.75) is 19.9 Å². The fourth-order valence-electron chi connectivity index (χ4n) is 1.98. The fraction of sp³-hybridized carbons (Fsp3) is 0.250. The van der Waals surface area contributed by atoms with Crippen LogP contribution >= 0.6 is 11.6 Å². The van der Waals surface area contributed by atoms with Gasteiger partial charge in [-0.15, -0.1) is 0 Å². The molecule has 0 amide bonds. The van der Waals surface area contributed by atoms with E-state index in [2.05, 4.69) is 12.2 Å². The van der Waals surface area contributed by atoms with Gasteiger partial charge >= 0.3 is 0 Å². The van der Waals surface area contributed by atoms with Gasteiger partial charge in [0.25, 0.3) is 0 Å². The number of hydrogen-bond acceptors (Lipinski definition) is 1. The van der Waals surface area contributed by atoms with E-state index in [1.54, 1.807) is 12.1 Å². The van der Waals surface area contributed by atoms with Crippen LogP contribution in [0.1, 0.15) is 18.9 Å². The predicted molar refractivity (Wildman–Crippen MR) is 78.8 cm³/mol. The highest BCUT2D eigenvalue weighted by molar-refractivity contribution is 6.33. The van der Waals surface area contributed by atoms with Crippen molar-refractivity contribution in [1.29, 1.82) is 0 Å². The number of nitrogens with one attached hydrogen (secondary N) is 1.